The lowest BCUT2D eigenvalue weighted by molar-refractivity contribution is 0.0710. The second kappa shape index (κ2) is 6.55. The van der Waals surface area contributed by atoms with E-state index in [0.29, 0.717) is 24.9 Å². The molecule has 0 atom stereocenters. The number of aromatic hydroxyl groups is 1. The van der Waals surface area contributed by atoms with Crippen molar-refractivity contribution in [3.63, 3.8) is 0 Å². The summed E-state index contributed by atoms with van der Waals surface area (Å²) in [7, 11) is 0. The van der Waals surface area contributed by atoms with Crippen molar-refractivity contribution in [3.8, 4) is 5.75 Å². The lowest BCUT2D eigenvalue weighted by Gasteiger charge is -2.26. The van der Waals surface area contributed by atoms with E-state index in [1.807, 2.05) is 27.7 Å². The number of benzene rings is 1. The van der Waals surface area contributed by atoms with E-state index in [0.717, 1.165) is 6.07 Å². The number of phenolic OH excluding ortho intramolecular Hbond substituents is 1. The van der Waals surface area contributed by atoms with Gasteiger partial charge in [-0.15, -0.1) is 0 Å². The maximum absolute atomic E-state index is 13.7. The summed E-state index contributed by atoms with van der Waals surface area (Å²) in [5.41, 5.74) is 0.0131. The van der Waals surface area contributed by atoms with Crippen molar-refractivity contribution in [1.82, 2.24) is 4.90 Å². The topological polar surface area (TPSA) is 40.5 Å². The van der Waals surface area contributed by atoms with Crippen LogP contribution in [-0.4, -0.2) is 29.0 Å². The van der Waals surface area contributed by atoms with Gasteiger partial charge in [-0.05, 0) is 24.0 Å². The van der Waals surface area contributed by atoms with Crippen LogP contribution in [0.2, 0.25) is 0 Å². The summed E-state index contributed by atoms with van der Waals surface area (Å²) < 4.78 is 13.7. The summed E-state index contributed by atoms with van der Waals surface area (Å²) in [5, 5.41) is 9.18. The molecule has 0 heterocycles. The minimum atomic E-state index is -0.678. The van der Waals surface area contributed by atoms with Crippen LogP contribution in [-0.2, 0) is 0 Å². The van der Waals surface area contributed by atoms with Crippen LogP contribution < -0.4 is 0 Å². The summed E-state index contributed by atoms with van der Waals surface area (Å²) in [5.74, 6) is -0.526. The largest absolute Gasteiger partial charge is 0.508 e. The zero-order chi connectivity index (χ0) is 14.6. The van der Waals surface area contributed by atoms with Crippen LogP contribution in [0, 0.1) is 17.7 Å². The maximum atomic E-state index is 13.7. The molecule has 0 saturated heterocycles. The Bertz CT molecular complexity index is 434. The van der Waals surface area contributed by atoms with Crippen LogP contribution >= 0.6 is 0 Å². The molecule has 0 bridgehead atoms. The molecule has 1 N–H and O–H groups in total. The van der Waals surface area contributed by atoms with Gasteiger partial charge in [-0.3, -0.25) is 4.79 Å². The van der Waals surface area contributed by atoms with Crippen molar-refractivity contribution in [2.45, 2.75) is 27.7 Å². The van der Waals surface area contributed by atoms with Crippen molar-refractivity contribution >= 4 is 5.91 Å². The first-order chi connectivity index (χ1) is 8.81. The van der Waals surface area contributed by atoms with Gasteiger partial charge in [0.25, 0.3) is 5.91 Å². The van der Waals surface area contributed by atoms with Gasteiger partial charge in [0, 0.05) is 19.2 Å². The summed E-state index contributed by atoms with van der Waals surface area (Å²) in [6.07, 6.45) is 0. The molecule has 1 amide bonds. The fourth-order valence-corrected chi connectivity index (χ4v) is 1.97. The van der Waals surface area contributed by atoms with Crippen molar-refractivity contribution in [2.75, 3.05) is 13.1 Å². The summed E-state index contributed by atoms with van der Waals surface area (Å²) in [6, 6.07) is 3.63. The lowest BCUT2D eigenvalue weighted by atomic mass is 10.1. The molecule has 3 nitrogen and oxygen atoms in total. The molecule has 0 aromatic heterocycles. The van der Waals surface area contributed by atoms with Crippen molar-refractivity contribution < 1.29 is 14.3 Å². The van der Waals surface area contributed by atoms with Gasteiger partial charge in [0.2, 0.25) is 0 Å². The van der Waals surface area contributed by atoms with E-state index in [4.69, 9.17) is 0 Å². The summed E-state index contributed by atoms with van der Waals surface area (Å²) >= 11 is 0. The van der Waals surface area contributed by atoms with Crippen LogP contribution in [0.5, 0.6) is 5.75 Å². The normalized spacial score (nSPS) is 11.1. The fourth-order valence-electron chi connectivity index (χ4n) is 1.97. The molecule has 0 spiro atoms. The Hall–Kier alpha value is -1.58. The molecule has 0 fully saturated rings. The predicted octanol–water partition coefficient (Wildman–Crippen LogP) is 3.29. The van der Waals surface area contributed by atoms with Gasteiger partial charge in [-0.2, -0.15) is 0 Å². The third kappa shape index (κ3) is 4.54. The minimum Gasteiger partial charge on any atom is -0.508 e. The third-order valence-corrected chi connectivity index (χ3v) is 2.64. The summed E-state index contributed by atoms with van der Waals surface area (Å²) in [6.45, 7) is 9.28. The van der Waals surface area contributed by atoms with E-state index in [-0.39, 0.29) is 17.2 Å². The smallest absolute Gasteiger partial charge is 0.256 e. The molecule has 0 aliphatic carbocycles. The summed E-state index contributed by atoms with van der Waals surface area (Å²) in [4.78, 5) is 14.0. The highest BCUT2D eigenvalue weighted by Crippen LogP contribution is 2.18. The molecule has 0 radical (unpaired) electrons. The van der Waals surface area contributed by atoms with Gasteiger partial charge in [-0.25, -0.2) is 4.39 Å². The van der Waals surface area contributed by atoms with Gasteiger partial charge in [0.05, 0.1) is 5.56 Å². The monoisotopic (exact) mass is 267 g/mol. The van der Waals surface area contributed by atoms with Crippen LogP contribution in [0.3, 0.4) is 0 Å². The Morgan fingerprint density at radius 1 is 1.21 bits per heavy atom. The van der Waals surface area contributed by atoms with Gasteiger partial charge in [0.15, 0.2) is 0 Å². The van der Waals surface area contributed by atoms with Gasteiger partial charge < -0.3 is 10.0 Å². The second-order valence-electron chi connectivity index (χ2n) is 5.66. The second-order valence-corrected chi connectivity index (χ2v) is 5.66. The highest BCUT2D eigenvalue weighted by atomic mass is 19.1. The first-order valence-corrected chi connectivity index (χ1v) is 6.59. The average molecular weight is 267 g/mol. The molecule has 0 saturated carbocycles. The average Bonchev–Trinajstić information content (AvgIpc) is 2.26. The molecule has 1 aromatic rings. The van der Waals surface area contributed by atoms with E-state index in [1.165, 1.54) is 12.1 Å². The number of amides is 1. The molecule has 1 rings (SSSR count). The molecule has 4 heteroatoms. The molecular formula is C15H22FNO2. The Kier molecular flexibility index (Phi) is 5.33. The zero-order valence-electron chi connectivity index (χ0n) is 12.0. The fraction of sp³-hybridized carbons (Fsp3) is 0.533. The Labute approximate surface area is 114 Å². The number of nitrogens with zero attached hydrogens (tertiary/aromatic N) is 1. The van der Waals surface area contributed by atoms with E-state index in [9.17, 15) is 14.3 Å². The van der Waals surface area contributed by atoms with Gasteiger partial charge >= 0.3 is 0 Å². The van der Waals surface area contributed by atoms with Crippen molar-refractivity contribution in [1.29, 1.82) is 0 Å². The SMILES string of the molecule is CC(C)CN(CC(C)C)C(=O)c1ccc(O)cc1F. The number of halogens is 1. The number of hydrogen-bond donors (Lipinski definition) is 1. The first kappa shape index (κ1) is 15.5. The van der Waals surface area contributed by atoms with E-state index in [1.54, 1.807) is 4.90 Å². The standard InChI is InChI=1S/C15H22FNO2/c1-10(2)8-17(9-11(3)4)15(19)13-6-5-12(18)7-14(13)16/h5-7,10-11,18H,8-9H2,1-4H3. The quantitative estimate of drug-likeness (QED) is 0.889. The number of carbonyl (C=O) groups excluding carboxylic acids is 1. The number of hydrogen-bond acceptors (Lipinski definition) is 2. The minimum absolute atomic E-state index is 0.0131. The molecule has 0 unspecified atom stereocenters. The molecule has 106 valence electrons. The highest BCUT2D eigenvalue weighted by Gasteiger charge is 2.21. The van der Waals surface area contributed by atoms with Crippen LogP contribution in [0.1, 0.15) is 38.1 Å². The molecule has 1 aromatic carbocycles. The van der Waals surface area contributed by atoms with E-state index in [2.05, 4.69) is 0 Å². The first-order valence-electron chi connectivity index (χ1n) is 6.59. The molecular weight excluding hydrogens is 245 g/mol. The predicted molar refractivity (Wildman–Crippen MR) is 73.6 cm³/mol. The molecule has 19 heavy (non-hydrogen) atoms. The van der Waals surface area contributed by atoms with Crippen LogP contribution in [0.15, 0.2) is 18.2 Å². The number of phenols is 1. The van der Waals surface area contributed by atoms with Crippen molar-refractivity contribution in [3.05, 3.63) is 29.6 Å². The van der Waals surface area contributed by atoms with Crippen LogP contribution in [0.25, 0.3) is 0 Å². The van der Waals surface area contributed by atoms with E-state index < -0.39 is 5.82 Å². The van der Waals surface area contributed by atoms with Gasteiger partial charge in [-0.1, -0.05) is 27.7 Å². The Balaban J connectivity index is 2.97. The third-order valence-electron chi connectivity index (χ3n) is 2.64. The Morgan fingerprint density at radius 2 is 1.74 bits per heavy atom. The zero-order valence-corrected chi connectivity index (χ0v) is 12.0. The molecule has 0 aliphatic rings. The maximum Gasteiger partial charge on any atom is 0.256 e. The number of carbonyl (C=O) groups is 1. The molecule has 0 aliphatic heterocycles. The Morgan fingerprint density at radius 3 is 2.16 bits per heavy atom. The van der Waals surface area contributed by atoms with Gasteiger partial charge in [0.1, 0.15) is 11.6 Å². The number of rotatable bonds is 5. The van der Waals surface area contributed by atoms with Crippen molar-refractivity contribution in [2.24, 2.45) is 11.8 Å². The highest BCUT2D eigenvalue weighted by molar-refractivity contribution is 5.94. The lowest BCUT2D eigenvalue weighted by Crippen LogP contribution is -2.37. The van der Waals surface area contributed by atoms with Crippen LogP contribution in [0.4, 0.5) is 4.39 Å². The van der Waals surface area contributed by atoms with E-state index >= 15 is 0 Å².